The van der Waals surface area contributed by atoms with Crippen molar-refractivity contribution >= 4 is 0 Å². The van der Waals surface area contributed by atoms with E-state index < -0.39 is 0 Å². The van der Waals surface area contributed by atoms with Crippen molar-refractivity contribution in [3.05, 3.63) is 0 Å². The number of nitrogens with zero attached hydrogens (tertiary/aromatic N) is 1. The van der Waals surface area contributed by atoms with Gasteiger partial charge >= 0.3 is 0 Å². The molecule has 0 saturated heterocycles. The molecule has 0 radical (unpaired) electrons. The van der Waals surface area contributed by atoms with Crippen LogP contribution in [0.15, 0.2) is 0 Å². The maximum Gasteiger partial charge on any atom is 0.0638 e. The molecule has 0 spiro atoms. The Bertz CT molecular complexity index is 598. The molecule has 0 aliphatic carbocycles. The Morgan fingerprint density at radius 2 is 0.976 bits per heavy atom. The maximum atomic E-state index is 6.44. The van der Waals surface area contributed by atoms with E-state index in [9.17, 15) is 0 Å². The molecule has 0 rings (SSSR count). The SMILES string of the molecule is CCCCCCCC(CCCCCCC)N(CCC(C)(C)OCCC(C)(C)N)CCC(C)(C)OCCC(C)(N)CC. The van der Waals surface area contributed by atoms with Crippen LogP contribution in [0.5, 0.6) is 0 Å². The third-order valence-electron chi connectivity index (χ3n) is 9.01. The standard InChI is InChI=1S/C36H77N3O2/c1-11-14-16-18-20-22-32(23-21-19-17-15-12-2)39(28-24-34(6,7)40-30-26-33(4,5)37)29-25-35(8,9)41-31-27-36(10,38)13-3/h32H,11-31,37-38H2,1-10H3. The smallest absolute Gasteiger partial charge is 0.0638 e. The molecule has 5 heteroatoms. The Morgan fingerprint density at radius 1 is 0.561 bits per heavy atom. The van der Waals surface area contributed by atoms with Gasteiger partial charge in [0.25, 0.3) is 0 Å². The number of unbranched alkanes of at least 4 members (excludes halogenated alkanes) is 8. The van der Waals surface area contributed by atoms with Gasteiger partial charge in [0, 0.05) is 43.4 Å². The minimum atomic E-state index is -0.188. The lowest BCUT2D eigenvalue weighted by molar-refractivity contribution is -0.0480. The zero-order valence-corrected chi connectivity index (χ0v) is 29.8. The molecule has 248 valence electrons. The summed E-state index contributed by atoms with van der Waals surface area (Å²) in [4.78, 5) is 2.81. The lowest BCUT2D eigenvalue weighted by atomic mass is 9.95. The fraction of sp³-hybridized carbons (Fsp3) is 1.00. The summed E-state index contributed by atoms with van der Waals surface area (Å²) < 4.78 is 12.8. The van der Waals surface area contributed by atoms with Crippen LogP contribution in [-0.4, -0.2) is 59.5 Å². The zero-order chi connectivity index (χ0) is 31.4. The van der Waals surface area contributed by atoms with Gasteiger partial charge in [-0.05, 0) is 93.4 Å². The lowest BCUT2D eigenvalue weighted by Gasteiger charge is -2.38. The molecule has 1 atom stereocenters. The quantitative estimate of drug-likeness (QED) is 0.0898. The van der Waals surface area contributed by atoms with E-state index in [1.807, 2.05) is 0 Å². The van der Waals surface area contributed by atoms with Crippen LogP contribution >= 0.6 is 0 Å². The van der Waals surface area contributed by atoms with Gasteiger partial charge in [-0.15, -0.1) is 0 Å². The molecule has 0 bridgehead atoms. The second kappa shape index (κ2) is 21.5. The monoisotopic (exact) mass is 584 g/mol. The van der Waals surface area contributed by atoms with Crippen LogP contribution in [0.25, 0.3) is 0 Å². The topological polar surface area (TPSA) is 73.7 Å². The van der Waals surface area contributed by atoms with Gasteiger partial charge in [-0.1, -0.05) is 85.0 Å². The van der Waals surface area contributed by atoms with E-state index in [2.05, 4.69) is 74.1 Å². The predicted molar refractivity (Wildman–Crippen MR) is 182 cm³/mol. The molecule has 0 aromatic carbocycles. The Morgan fingerprint density at radius 3 is 1.37 bits per heavy atom. The summed E-state index contributed by atoms with van der Waals surface area (Å²) in [6.45, 7) is 25.7. The molecular weight excluding hydrogens is 506 g/mol. The van der Waals surface area contributed by atoms with Gasteiger partial charge in [0.05, 0.1) is 11.2 Å². The average Bonchev–Trinajstić information content (AvgIpc) is 2.86. The highest BCUT2D eigenvalue weighted by Crippen LogP contribution is 2.25. The first kappa shape index (κ1) is 40.8. The third kappa shape index (κ3) is 23.9. The van der Waals surface area contributed by atoms with E-state index in [-0.39, 0.29) is 22.3 Å². The first-order valence-corrected chi connectivity index (χ1v) is 17.7. The molecular formula is C36H77N3O2. The van der Waals surface area contributed by atoms with Crippen LogP contribution in [0.4, 0.5) is 0 Å². The lowest BCUT2D eigenvalue weighted by Crippen LogP contribution is -2.43. The fourth-order valence-corrected chi connectivity index (χ4v) is 5.25. The van der Waals surface area contributed by atoms with Gasteiger partial charge < -0.3 is 25.8 Å². The number of nitrogens with two attached hydrogens (primary N) is 2. The largest absolute Gasteiger partial charge is 0.375 e. The second-order valence-electron chi connectivity index (χ2n) is 15.3. The van der Waals surface area contributed by atoms with Crippen LogP contribution < -0.4 is 11.5 Å². The molecule has 0 heterocycles. The number of rotatable bonds is 28. The predicted octanol–water partition coefficient (Wildman–Crippen LogP) is 9.39. The number of hydrogen-bond donors (Lipinski definition) is 2. The van der Waals surface area contributed by atoms with Gasteiger partial charge in [-0.3, -0.25) is 0 Å². The molecule has 5 nitrogen and oxygen atoms in total. The summed E-state index contributed by atoms with van der Waals surface area (Å²) in [7, 11) is 0. The van der Waals surface area contributed by atoms with Crippen LogP contribution in [0.2, 0.25) is 0 Å². The van der Waals surface area contributed by atoms with Gasteiger partial charge in [-0.2, -0.15) is 0 Å². The van der Waals surface area contributed by atoms with Crippen molar-refractivity contribution < 1.29 is 9.47 Å². The van der Waals surface area contributed by atoms with Crippen LogP contribution in [0.1, 0.15) is 178 Å². The minimum Gasteiger partial charge on any atom is -0.375 e. The normalized spacial score (nSPS) is 14.8. The molecule has 0 aromatic heterocycles. The van der Waals surface area contributed by atoms with E-state index in [4.69, 9.17) is 20.9 Å². The Labute approximate surface area is 258 Å². The molecule has 0 aliphatic heterocycles. The zero-order valence-electron chi connectivity index (χ0n) is 29.8. The minimum absolute atomic E-state index is 0.145. The van der Waals surface area contributed by atoms with Gasteiger partial charge in [0.2, 0.25) is 0 Å². The molecule has 0 fully saturated rings. The summed E-state index contributed by atoms with van der Waals surface area (Å²) in [5.41, 5.74) is 12.0. The van der Waals surface area contributed by atoms with E-state index >= 15 is 0 Å². The number of hydrogen-bond acceptors (Lipinski definition) is 5. The van der Waals surface area contributed by atoms with Gasteiger partial charge in [0.15, 0.2) is 0 Å². The molecule has 4 N–H and O–H groups in total. The van der Waals surface area contributed by atoms with Gasteiger partial charge in [0.1, 0.15) is 0 Å². The maximum absolute atomic E-state index is 6.44. The van der Waals surface area contributed by atoms with Crippen LogP contribution in [0.3, 0.4) is 0 Å². The molecule has 0 amide bonds. The van der Waals surface area contributed by atoms with Crippen LogP contribution in [0, 0.1) is 0 Å². The molecule has 0 aliphatic rings. The van der Waals surface area contributed by atoms with E-state index in [0.29, 0.717) is 12.6 Å². The van der Waals surface area contributed by atoms with Crippen LogP contribution in [-0.2, 0) is 9.47 Å². The number of ether oxygens (including phenoxy) is 2. The summed E-state index contributed by atoms with van der Waals surface area (Å²) in [6, 6.07) is 0.639. The van der Waals surface area contributed by atoms with Crippen molar-refractivity contribution in [1.82, 2.24) is 4.90 Å². The Hall–Kier alpha value is -0.200. The molecule has 0 aromatic rings. The van der Waals surface area contributed by atoms with E-state index in [1.54, 1.807) is 0 Å². The molecule has 0 saturated carbocycles. The van der Waals surface area contributed by atoms with Crippen molar-refractivity contribution in [2.75, 3.05) is 26.3 Å². The van der Waals surface area contributed by atoms with Crippen molar-refractivity contribution in [2.24, 2.45) is 11.5 Å². The van der Waals surface area contributed by atoms with E-state index in [0.717, 1.165) is 51.8 Å². The van der Waals surface area contributed by atoms with Crippen molar-refractivity contribution in [1.29, 1.82) is 0 Å². The first-order valence-electron chi connectivity index (χ1n) is 17.7. The summed E-state index contributed by atoms with van der Waals surface area (Å²) >= 11 is 0. The summed E-state index contributed by atoms with van der Waals surface area (Å²) in [6.07, 6.45) is 20.9. The molecule has 1 unspecified atom stereocenters. The highest BCUT2D eigenvalue weighted by atomic mass is 16.5. The van der Waals surface area contributed by atoms with Gasteiger partial charge in [-0.25, -0.2) is 0 Å². The van der Waals surface area contributed by atoms with E-state index in [1.165, 1.54) is 77.0 Å². The fourth-order valence-electron chi connectivity index (χ4n) is 5.25. The van der Waals surface area contributed by atoms with Crippen molar-refractivity contribution in [2.45, 2.75) is 207 Å². The highest BCUT2D eigenvalue weighted by molar-refractivity contribution is 4.82. The average molecular weight is 584 g/mol. The summed E-state index contributed by atoms with van der Waals surface area (Å²) in [5, 5.41) is 0. The Balaban J connectivity index is 5.45. The highest BCUT2D eigenvalue weighted by Gasteiger charge is 2.27. The van der Waals surface area contributed by atoms with Crippen molar-refractivity contribution in [3.63, 3.8) is 0 Å². The molecule has 41 heavy (non-hydrogen) atoms. The third-order valence-corrected chi connectivity index (χ3v) is 9.01. The second-order valence-corrected chi connectivity index (χ2v) is 15.3. The Kier molecular flexibility index (Phi) is 21.4. The summed E-state index contributed by atoms with van der Waals surface area (Å²) in [5.74, 6) is 0. The first-order chi connectivity index (χ1) is 19.1. The van der Waals surface area contributed by atoms with Crippen molar-refractivity contribution in [3.8, 4) is 0 Å².